The van der Waals surface area contributed by atoms with Gasteiger partial charge in [-0.15, -0.1) is 0 Å². The van der Waals surface area contributed by atoms with Crippen LogP contribution in [0, 0.1) is 0 Å². The molecule has 1 heterocycles. The minimum Gasteiger partial charge on any atom is -0.493 e. The maximum atomic E-state index is 12.4. The maximum absolute atomic E-state index is 12.4. The first kappa shape index (κ1) is 21.7. The van der Waals surface area contributed by atoms with E-state index in [2.05, 4.69) is 52.0 Å². The lowest BCUT2D eigenvalue weighted by molar-refractivity contribution is 0.0951. The first-order chi connectivity index (χ1) is 14.7. The number of para-hydroxylation sites is 1. The van der Waals surface area contributed by atoms with Gasteiger partial charge < -0.3 is 19.7 Å². The van der Waals surface area contributed by atoms with Crippen LogP contribution in [0.1, 0.15) is 16.8 Å². The van der Waals surface area contributed by atoms with Crippen molar-refractivity contribution in [3.05, 3.63) is 66.7 Å². The van der Waals surface area contributed by atoms with Crippen molar-refractivity contribution < 1.29 is 14.3 Å². The van der Waals surface area contributed by atoms with Crippen molar-refractivity contribution in [2.75, 3.05) is 57.9 Å². The summed E-state index contributed by atoms with van der Waals surface area (Å²) >= 11 is 0. The Morgan fingerprint density at radius 2 is 1.87 bits per heavy atom. The molecule has 3 rings (SSSR count). The number of nitrogens with one attached hydrogen (secondary N) is 1. The minimum absolute atomic E-state index is 0.0996. The number of rotatable bonds is 10. The van der Waals surface area contributed by atoms with Crippen molar-refractivity contribution in [2.24, 2.45) is 0 Å². The summed E-state index contributed by atoms with van der Waals surface area (Å²) in [6.07, 6.45) is 2.59. The molecule has 1 saturated heterocycles. The highest BCUT2D eigenvalue weighted by Gasteiger charge is 2.17. The summed E-state index contributed by atoms with van der Waals surface area (Å²) in [4.78, 5) is 17.3. The Bertz CT molecular complexity index is 818. The fraction of sp³-hybridized carbons (Fsp3) is 0.375. The van der Waals surface area contributed by atoms with E-state index in [-0.39, 0.29) is 5.91 Å². The molecular formula is C24H31N3O3. The zero-order valence-corrected chi connectivity index (χ0v) is 17.7. The second kappa shape index (κ2) is 11.3. The minimum atomic E-state index is -0.0996. The second-order valence-corrected chi connectivity index (χ2v) is 7.24. The van der Waals surface area contributed by atoms with E-state index in [1.165, 1.54) is 5.69 Å². The molecule has 2 aromatic rings. The molecule has 1 fully saturated rings. The Morgan fingerprint density at radius 3 is 2.57 bits per heavy atom. The predicted molar refractivity (Wildman–Crippen MR) is 121 cm³/mol. The molecule has 0 aromatic heterocycles. The monoisotopic (exact) mass is 409 g/mol. The molecule has 30 heavy (non-hydrogen) atoms. The molecule has 6 heteroatoms. The Morgan fingerprint density at radius 1 is 1.10 bits per heavy atom. The molecule has 0 saturated carbocycles. The number of carbonyl (C=O) groups excluding carboxylic acids is 1. The van der Waals surface area contributed by atoms with Gasteiger partial charge in [0, 0.05) is 44.0 Å². The summed E-state index contributed by atoms with van der Waals surface area (Å²) in [6.45, 7) is 9.83. The van der Waals surface area contributed by atoms with Gasteiger partial charge in [-0.05, 0) is 43.3 Å². The van der Waals surface area contributed by atoms with E-state index in [9.17, 15) is 4.79 Å². The molecule has 6 nitrogen and oxygen atoms in total. The summed E-state index contributed by atoms with van der Waals surface area (Å²) in [7, 11) is 1.56. The van der Waals surface area contributed by atoms with Gasteiger partial charge in [-0.1, -0.05) is 30.9 Å². The maximum Gasteiger partial charge on any atom is 0.251 e. The first-order valence-electron chi connectivity index (χ1n) is 10.4. The quantitative estimate of drug-likeness (QED) is 0.482. The lowest BCUT2D eigenvalue weighted by Crippen LogP contribution is -2.47. The molecule has 0 atom stereocenters. The van der Waals surface area contributed by atoms with Gasteiger partial charge in [0.25, 0.3) is 5.91 Å². The normalized spacial score (nSPS) is 14.2. The van der Waals surface area contributed by atoms with Gasteiger partial charge in [0.2, 0.25) is 0 Å². The molecule has 0 unspecified atom stereocenters. The molecule has 1 N–H and O–H groups in total. The molecule has 1 aliphatic rings. The van der Waals surface area contributed by atoms with Crippen molar-refractivity contribution in [2.45, 2.75) is 6.42 Å². The van der Waals surface area contributed by atoms with Gasteiger partial charge in [0.1, 0.15) is 6.61 Å². The van der Waals surface area contributed by atoms with Gasteiger partial charge in [-0.25, -0.2) is 0 Å². The lowest BCUT2D eigenvalue weighted by atomic mass is 10.2. The van der Waals surface area contributed by atoms with E-state index in [0.29, 0.717) is 30.2 Å². The molecule has 1 amide bonds. The van der Waals surface area contributed by atoms with Crippen molar-refractivity contribution in [1.82, 2.24) is 10.2 Å². The zero-order valence-electron chi connectivity index (χ0n) is 17.7. The zero-order chi connectivity index (χ0) is 21.2. The predicted octanol–water partition coefficient (Wildman–Crippen LogP) is 3.20. The van der Waals surface area contributed by atoms with Crippen molar-refractivity contribution in [3.8, 4) is 11.5 Å². The molecule has 0 bridgehead atoms. The summed E-state index contributed by atoms with van der Waals surface area (Å²) in [5.41, 5.74) is 1.86. The van der Waals surface area contributed by atoms with Crippen LogP contribution < -0.4 is 19.7 Å². The van der Waals surface area contributed by atoms with Gasteiger partial charge >= 0.3 is 0 Å². The highest BCUT2D eigenvalue weighted by molar-refractivity contribution is 5.94. The van der Waals surface area contributed by atoms with Crippen LogP contribution in [-0.2, 0) is 0 Å². The van der Waals surface area contributed by atoms with Crippen LogP contribution in [0.3, 0.4) is 0 Å². The second-order valence-electron chi connectivity index (χ2n) is 7.24. The van der Waals surface area contributed by atoms with Crippen LogP contribution in [0.4, 0.5) is 5.69 Å². The summed E-state index contributed by atoms with van der Waals surface area (Å²) < 4.78 is 10.9. The fourth-order valence-electron chi connectivity index (χ4n) is 3.55. The van der Waals surface area contributed by atoms with E-state index >= 15 is 0 Å². The Labute approximate surface area is 179 Å². The number of ether oxygens (including phenoxy) is 2. The van der Waals surface area contributed by atoms with Crippen LogP contribution in [0.2, 0.25) is 0 Å². The summed E-state index contributed by atoms with van der Waals surface area (Å²) in [5.74, 6) is 1.04. The number of hydrogen-bond donors (Lipinski definition) is 1. The third kappa shape index (κ3) is 6.00. The van der Waals surface area contributed by atoms with Crippen molar-refractivity contribution in [3.63, 3.8) is 0 Å². The molecular weight excluding hydrogens is 378 g/mol. The van der Waals surface area contributed by atoms with Gasteiger partial charge in [-0.2, -0.15) is 0 Å². The molecule has 1 aliphatic heterocycles. The largest absolute Gasteiger partial charge is 0.493 e. The Hall–Kier alpha value is -2.99. The summed E-state index contributed by atoms with van der Waals surface area (Å²) in [6, 6.07) is 15.8. The van der Waals surface area contributed by atoms with Crippen LogP contribution in [-0.4, -0.2) is 63.8 Å². The van der Waals surface area contributed by atoms with E-state index < -0.39 is 0 Å². The molecule has 160 valence electrons. The highest BCUT2D eigenvalue weighted by atomic mass is 16.5. The van der Waals surface area contributed by atoms with Crippen molar-refractivity contribution >= 4 is 11.6 Å². The number of methoxy groups -OCH3 is 1. The average molecular weight is 410 g/mol. The number of benzene rings is 2. The topological polar surface area (TPSA) is 54.0 Å². The number of anilines is 1. The lowest BCUT2D eigenvalue weighted by Gasteiger charge is -2.36. The Kier molecular flexibility index (Phi) is 8.15. The van der Waals surface area contributed by atoms with Crippen LogP contribution in [0.5, 0.6) is 11.5 Å². The Balaban J connectivity index is 1.38. The number of amides is 1. The van der Waals surface area contributed by atoms with Gasteiger partial charge in [-0.3, -0.25) is 9.69 Å². The van der Waals surface area contributed by atoms with E-state index in [1.807, 2.05) is 0 Å². The van der Waals surface area contributed by atoms with Crippen LogP contribution >= 0.6 is 0 Å². The van der Waals surface area contributed by atoms with E-state index in [1.54, 1.807) is 31.4 Å². The third-order valence-electron chi connectivity index (χ3n) is 5.21. The van der Waals surface area contributed by atoms with Gasteiger partial charge in [0.15, 0.2) is 11.5 Å². The molecule has 0 spiro atoms. The first-order valence-corrected chi connectivity index (χ1v) is 10.4. The smallest absolute Gasteiger partial charge is 0.251 e. The highest BCUT2D eigenvalue weighted by Crippen LogP contribution is 2.28. The number of piperazine rings is 1. The van der Waals surface area contributed by atoms with E-state index in [4.69, 9.17) is 9.47 Å². The number of nitrogens with zero attached hydrogens (tertiary/aromatic N) is 2. The molecule has 0 radical (unpaired) electrons. The number of hydrogen-bond acceptors (Lipinski definition) is 5. The van der Waals surface area contributed by atoms with Crippen LogP contribution in [0.25, 0.3) is 0 Å². The SMILES string of the molecule is C=CCOc1ccc(C(=O)NCCCN2CCN(c3ccccc3)CC2)cc1OC. The molecule has 0 aliphatic carbocycles. The van der Waals surface area contributed by atoms with Gasteiger partial charge in [0.05, 0.1) is 7.11 Å². The van der Waals surface area contributed by atoms with Crippen LogP contribution in [0.15, 0.2) is 61.2 Å². The molecule has 2 aromatic carbocycles. The third-order valence-corrected chi connectivity index (χ3v) is 5.21. The van der Waals surface area contributed by atoms with E-state index in [0.717, 1.165) is 39.1 Å². The fourth-order valence-corrected chi connectivity index (χ4v) is 3.55. The number of carbonyl (C=O) groups is 1. The van der Waals surface area contributed by atoms with Crippen molar-refractivity contribution in [1.29, 1.82) is 0 Å². The standard InChI is InChI=1S/C24H31N3O3/c1-3-18-30-22-11-10-20(19-23(22)29-2)24(28)25-12-7-13-26-14-16-27(17-15-26)21-8-5-4-6-9-21/h3-6,8-11,19H,1,7,12-18H2,2H3,(H,25,28). The average Bonchev–Trinajstić information content (AvgIpc) is 2.81. The summed E-state index contributed by atoms with van der Waals surface area (Å²) in [5, 5.41) is 3.00.